The third kappa shape index (κ3) is 2.58. The molecule has 4 atom stereocenters. The highest BCUT2D eigenvalue weighted by Gasteiger charge is 2.53. The average Bonchev–Trinajstić information content (AvgIpc) is 2.61. The molecule has 3 aliphatic rings. The van der Waals surface area contributed by atoms with Crippen molar-refractivity contribution in [1.29, 1.82) is 0 Å². The van der Waals surface area contributed by atoms with E-state index >= 15 is 0 Å². The summed E-state index contributed by atoms with van der Waals surface area (Å²) >= 11 is 0. The minimum Gasteiger partial charge on any atom is -0.508 e. The third-order valence-corrected chi connectivity index (χ3v) is 7.54. The first kappa shape index (κ1) is 16.4. The number of piperidine rings is 1. The van der Waals surface area contributed by atoms with Crippen LogP contribution in [0.3, 0.4) is 0 Å². The standard InChI is InChI=1S/C22H33NO/c1-3-16(2)9-12-23-13-11-22-10-5-4-6-19(22)21(23)14-17-7-8-18(24)15-20(17)22/h7-8,15-16,19,21,24H,3-6,9-14H2,1-2H3/t16?,19-,21+,22+/m0/s1. The van der Waals surface area contributed by atoms with Crippen LogP contribution in [0.25, 0.3) is 0 Å². The minimum absolute atomic E-state index is 0.363. The van der Waals surface area contributed by atoms with Crippen LogP contribution in [0.1, 0.15) is 69.9 Å². The second-order valence-corrected chi connectivity index (χ2v) is 8.71. The minimum atomic E-state index is 0.363. The third-order valence-electron chi connectivity index (χ3n) is 7.54. The summed E-state index contributed by atoms with van der Waals surface area (Å²) in [5, 5.41) is 10.1. The summed E-state index contributed by atoms with van der Waals surface area (Å²) in [6.45, 7) is 7.25. The lowest BCUT2D eigenvalue weighted by atomic mass is 9.52. The molecule has 1 saturated heterocycles. The molecule has 2 nitrogen and oxygen atoms in total. The first-order valence-corrected chi connectivity index (χ1v) is 10.2. The van der Waals surface area contributed by atoms with E-state index in [1.165, 1.54) is 75.6 Å². The summed E-state index contributed by atoms with van der Waals surface area (Å²) in [7, 11) is 0. The Morgan fingerprint density at radius 2 is 2.17 bits per heavy atom. The number of benzene rings is 1. The Kier molecular flexibility index (Phi) is 4.36. The molecule has 24 heavy (non-hydrogen) atoms. The van der Waals surface area contributed by atoms with Crippen molar-refractivity contribution in [2.75, 3.05) is 13.1 Å². The van der Waals surface area contributed by atoms with Crippen LogP contribution in [0.5, 0.6) is 5.75 Å². The average molecular weight is 328 g/mol. The summed E-state index contributed by atoms with van der Waals surface area (Å²) < 4.78 is 0. The van der Waals surface area contributed by atoms with Crippen molar-refractivity contribution in [2.45, 2.75) is 76.7 Å². The van der Waals surface area contributed by atoms with Gasteiger partial charge >= 0.3 is 0 Å². The number of aromatic hydroxyl groups is 1. The van der Waals surface area contributed by atoms with Crippen molar-refractivity contribution in [3.8, 4) is 5.75 Å². The van der Waals surface area contributed by atoms with Crippen LogP contribution in [0.15, 0.2) is 18.2 Å². The van der Waals surface area contributed by atoms with E-state index in [4.69, 9.17) is 0 Å². The topological polar surface area (TPSA) is 23.5 Å². The molecule has 2 bridgehead atoms. The molecule has 1 aliphatic heterocycles. The smallest absolute Gasteiger partial charge is 0.115 e. The van der Waals surface area contributed by atoms with Gasteiger partial charge in [-0.1, -0.05) is 39.2 Å². The van der Waals surface area contributed by atoms with E-state index in [1.807, 2.05) is 6.07 Å². The monoisotopic (exact) mass is 327 g/mol. The number of hydrogen-bond acceptors (Lipinski definition) is 2. The van der Waals surface area contributed by atoms with Crippen molar-refractivity contribution >= 4 is 0 Å². The normalized spacial score (nSPS) is 33.6. The summed E-state index contributed by atoms with van der Waals surface area (Å²) in [4.78, 5) is 2.83. The van der Waals surface area contributed by atoms with Crippen LogP contribution in [0.2, 0.25) is 0 Å². The molecule has 1 N–H and O–H groups in total. The number of hydrogen-bond donors (Lipinski definition) is 1. The zero-order valence-electron chi connectivity index (χ0n) is 15.4. The molecule has 0 aromatic heterocycles. The molecule has 2 aliphatic carbocycles. The van der Waals surface area contributed by atoms with E-state index in [0.29, 0.717) is 11.2 Å². The molecule has 4 rings (SSSR count). The Morgan fingerprint density at radius 3 is 3.00 bits per heavy atom. The van der Waals surface area contributed by atoms with Crippen LogP contribution < -0.4 is 0 Å². The molecular formula is C22H33NO. The van der Waals surface area contributed by atoms with Gasteiger partial charge in [0.2, 0.25) is 0 Å². The predicted molar refractivity (Wildman–Crippen MR) is 99.5 cm³/mol. The van der Waals surface area contributed by atoms with Crippen molar-refractivity contribution in [2.24, 2.45) is 11.8 Å². The largest absolute Gasteiger partial charge is 0.508 e. The van der Waals surface area contributed by atoms with Gasteiger partial charge in [-0.3, -0.25) is 4.90 Å². The summed E-state index contributed by atoms with van der Waals surface area (Å²) in [5.74, 6) is 2.12. The number of rotatable bonds is 4. The van der Waals surface area contributed by atoms with Crippen LogP contribution in [0, 0.1) is 11.8 Å². The van der Waals surface area contributed by atoms with Gasteiger partial charge < -0.3 is 5.11 Å². The maximum Gasteiger partial charge on any atom is 0.115 e. The highest BCUT2D eigenvalue weighted by atomic mass is 16.3. The molecule has 1 saturated carbocycles. The second kappa shape index (κ2) is 6.37. The maximum atomic E-state index is 10.1. The molecule has 2 fully saturated rings. The van der Waals surface area contributed by atoms with Gasteiger partial charge in [-0.05, 0) is 80.3 Å². The zero-order chi connectivity index (χ0) is 16.7. The Bertz CT molecular complexity index is 598. The van der Waals surface area contributed by atoms with E-state index in [0.717, 1.165) is 17.9 Å². The highest BCUT2D eigenvalue weighted by molar-refractivity contribution is 5.45. The Labute approximate surface area is 147 Å². The van der Waals surface area contributed by atoms with Crippen LogP contribution in [0.4, 0.5) is 0 Å². The molecule has 1 aromatic rings. The van der Waals surface area contributed by atoms with E-state index < -0.39 is 0 Å². The van der Waals surface area contributed by atoms with E-state index in [2.05, 4.69) is 30.9 Å². The van der Waals surface area contributed by atoms with Crippen molar-refractivity contribution in [3.63, 3.8) is 0 Å². The first-order valence-electron chi connectivity index (χ1n) is 10.2. The molecule has 2 heteroatoms. The zero-order valence-corrected chi connectivity index (χ0v) is 15.4. The molecule has 0 amide bonds. The van der Waals surface area contributed by atoms with Crippen molar-refractivity contribution in [1.82, 2.24) is 4.90 Å². The van der Waals surface area contributed by atoms with Crippen LogP contribution in [-0.4, -0.2) is 29.1 Å². The number of phenols is 1. The van der Waals surface area contributed by atoms with E-state index in [9.17, 15) is 5.11 Å². The molecule has 1 heterocycles. The van der Waals surface area contributed by atoms with Gasteiger partial charge in [-0.15, -0.1) is 0 Å². The van der Waals surface area contributed by atoms with Gasteiger partial charge in [0.05, 0.1) is 0 Å². The SMILES string of the molecule is CCC(C)CCN1CC[C@]23CCCC[C@H]2[C@H]1Cc1ccc(O)cc13. The molecule has 1 aromatic carbocycles. The maximum absolute atomic E-state index is 10.1. The molecule has 0 spiro atoms. The fraction of sp³-hybridized carbons (Fsp3) is 0.727. The van der Waals surface area contributed by atoms with Gasteiger partial charge in [0.1, 0.15) is 5.75 Å². The van der Waals surface area contributed by atoms with Crippen molar-refractivity contribution in [3.05, 3.63) is 29.3 Å². The van der Waals surface area contributed by atoms with Gasteiger partial charge in [0, 0.05) is 11.5 Å². The van der Waals surface area contributed by atoms with Gasteiger partial charge in [-0.25, -0.2) is 0 Å². The second-order valence-electron chi connectivity index (χ2n) is 8.71. The Hall–Kier alpha value is -1.02. The summed E-state index contributed by atoms with van der Waals surface area (Å²) in [6.07, 6.45) is 10.6. The number of nitrogens with zero attached hydrogens (tertiary/aromatic N) is 1. The number of phenolic OH excluding ortho intramolecular Hbond substituents is 1. The molecular weight excluding hydrogens is 294 g/mol. The quantitative estimate of drug-likeness (QED) is 0.851. The molecule has 132 valence electrons. The lowest BCUT2D eigenvalue weighted by Gasteiger charge is -2.59. The van der Waals surface area contributed by atoms with Crippen LogP contribution in [-0.2, 0) is 11.8 Å². The first-order chi connectivity index (χ1) is 11.6. The summed E-state index contributed by atoms with van der Waals surface area (Å²) in [5.41, 5.74) is 3.39. The van der Waals surface area contributed by atoms with Crippen LogP contribution >= 0.6 is 0 Å². The molecule has 1 unspecified atom stereocenters. The Balaban J connectivity index is 1.66. The fourth-order valence-electron chi connectivity index (χ4n) is 5.94. The predicted octanol–water partition coefficient (Wildman–Crippen LogP) is 4.89. The lowest BCUT2D eigenvalue weighted by Crippen LogP contribution is -2.61. The number of likely N-dealkylation sites (tertiary alicyclic amines) is 1. The van der Waals surface area contributed by atoms with E-state index in [-0.39, 0.29) is 0 Å². The van der Waals surface area contributed by atoms with Gasteiger partial charge in [0.15, 0.2) is 0 Å². The fourth-order valence-corrected chi connectivity index (χ4v) is 5.94. The van der Waals surface area contributed by atoms with Gasteiger partial charge in [-0.2, -0.15) is 0 Å². The lowest BCUT2D eigenvalue weighted by molar-refractivity contribution is -0.0134. The van der Waals surface area contributed by atoms with E-state index in [1.54, 1.807) is 0 Å². The Morgan fingerprint density at radius 1 is 1.29 bits per heavy atom. The highest BCUT2D eigenvalue weighted by Crippen LogP contribution is 2.56. The van der Waals surface area contributed by atoms with Gasteiger partial charge in [0.25, 0.3) is 0 Å². The number of fused-ring (bicyclic) bond motifs is 1. The summed E-state index contributed by atoms with van der Waals surface area (Å²) in [6, 6.07) is 6.96. The van der Waals surface area contributed by atoms with Crippen molar-refractivity contribution < 1.29 is 5.11 Å². The molecule has 0 radical (unpaired) electrons.